The van der Waals surface area contributed by atoms with E-state index in [4.69, 9.17) is 10.5 Å². The van der Waals surface area contributed by atoms with Gasteiger partial charge in [0.2, 0.25) is 0 Å². The van der Waals surface area contributed by atoms with Crippen molar-refractivity contribution in [2.24, 2.45) is 16.6 Å². The lowest BCUT2D eigenvalue weighted by atomic mass is 10.1. The molecular formula is C19H32N4O2. The molecule has 0 aromatic heterocycles. The van der Waals surface area contributed by atoms with Gasteiger partial charge in [-0.15, -0.1) is 0 Å². The van der Waals surface area contributed by atoms with E-state index in [-0.39, 0.29) is 6.04 Å². The number of aliphatic imine (C=N–C) groups is 1. The summed E-state index contributed by atoms with van der Waals surface area (Å²) in [4.78, 5) is 16.5. The minimum Gasteiger partial charge on any atom is -0.444 e. The summed E-state index contributed by atoms with van der Waals surface area (Å²) in [5.41, 5.74) is 6.32. The van der Waals surface area contributed by atoms with E-state index < -0.39 is 11.7 Å². The Kier molecular flexibility index (Phi) is 8.25. The highest BCUT2D eigenvalue weighted by Crippen LogP contribution is 2.15. The first-order valence-corrected chi connectivity index (χ1v) is 8.75. The Morgan fingerprint density at radius 3 is 2.44 bits per heavy atom. The van der Waals surface area contributed by atoms with Crippen molar-refractivity contribution in [3.63, 3.8) is 0 Å². The second-order valence-electron chi connectivity index (χ2n) is 7.44. The molecule has 1 aromatic carbocycles. The van der Waals surface area contributed by atoms with E-state index in [0.717, 1.165) is 18.5 Å². The Balaban J connectivity index is 2.71. The second kappa shape index (κ2) is 9.91. The molecule has 1 amide bonds. The highest BCUT2D eigenvalue weighted by molar-refractivity contribution is 5.77. The summed E-state index contributed by atoms with van der Waals surface area (Å²) in [5, 5.41) is 5.96. The molecule has 6 heteroatoms. The summed E-state index contributed by atoms with van der Waals surface area (Å²) in [6.07, 6.45) is 0.553. The van der Waals surface area contributed by atoms with Crippen LogP contribution in [-0.4, -0.2) is 30.7 Å². The molecule has 0 saturated carbocycles. The molecule has 4 N–H and O–H groups in total. The van der Waals surface area contributed by atoms with Gasteiger partial charge in [0.05, 0.1) is 12.6 Å². The molecule has 0 bridgehead atoms. The number of rotatable bonds is 7. The van der Waals surface area contributed by atoms with Crippen LogP contribution in [0.3, 0.4) is 0 Å². The normalized spacial score (nSPS) is 13.4. The maximum absolute atomic E-state index is 12.1. The molecule has 1 rings (SSSR count). The van der Waals surface area contributed by atoms with Gasteiger partial charge in [0.1, 0.15) is 5.60 Å². The first-order valence-electron chi connectivity index (χ1n) is 8.75. The standard InChI is InChI=1S/C19H32N4O2/c1-14(2)11-12-21-17(20)22-13-16(15-9-7-6-8-10-15)23-18(24)25-19(3,4)5/h6-10,14,16H,11-13H2,1-5H3,(H,23,24)(H3,20,21,22). The highest BCUT2D eigenvalue weighted by Gasteiger charge is 2.20. The van der Waals surface area contributed by atoms with Gasteiger partial charge in [-0.25, -0.2) is 4.79 Å². The second-order valence-corrected chi connectivity index (χ2v) is 7.44. The lowest BCUT2D eigenvalue weighted by Crippen LogP contribution is -2.37. The van der Waals surface area contributed by atoms with Crippen LogP contribution < -0.4 is 16.4 Å². The topological polar surface area (TPSA) is 88.7 Å². The van der Waals surface area contributed by atoms with Gasteiger partial charge in [0.15, 0.2) is 5.96 Å². The van der Waals surface area contributed by atoms with Gasteiger partial charge in [0.25, 0.3) is 0 Å². The van der Waals surface area contributed by atoms with Crippen molar-refractivity contribution >= 4 is 12.1 Å². The minimum absolute atomic E-state index is 0.304. The van der Waals surface area contributed by atoms with Crippen LogP contribution in [0.1, 0.15) is 52.6 Å². The number of amides is 1. The smallest absolute Gasteiger partial charge is 0.408 e. The summed E-state index contributed by atoms with van der Waals surface area (Å²) in [6.45, 7) is 10.9. The molecule has 0 aliphatic heterocycles. The van der Waals surface area contributed by atoms with Gasteiger partial charge >= 0.3 is 6.09 Å². The van der Waals surface area contributed by atoms with Crippen molar-refractivity contribution in [1.82, 2.24) is 10.6 Å². The molecule has 1 aromatic rings. The summed E-state index contributed by atoms with van der Waals surface area (Å²) in [7, 11) is 0. The van der Waals surface area contributed by atoms with E-state index >= 15 is 0 Å². The fraction of sp³-hybridized carbons (Fsp3) is 0.579. The Morgan fingerprint density at radius 1 is 1.24 bits per heavy atom. The van der Waals surface area contributed by atoms with E-state index in [1.807, 2.05) is 51.1 Å². The van der Waals surface area contributed by atoms with Crippen LogP contribution in [-0.2, 0) is 4.74 Å². The molecule has 1 unspecified atom stereocenters. The zero-order chi connectivity index (χ0) is 18.9. The van der Waals surface area contributed by atoms with Crippen molar-refractivity contribution in [1.29, 1.82) is 0 Å². The zero-order valence-electron chi connectivity index (χ0n) is 16.0. The van der Waals surface area contributed by atoms with Gasteiger partial charge in [0, 0.05) is 6.54 Å². The average molecular weight is 348 g/mol. The lowest BCUT2D eigenvalue weighted by molar-refractivity contribution is 0.0505. The largest absolute Gasteiger partial charge is 0.444 e. The van der Waals surface area contributed by atoms with E-state index in [1.165, 1.54) is 0 Å². The van der Waals surface area contributed by atoms with Crippen LogP contribution in [0.2, 0.25) is 0 Å². The molecule has 0 spiro atoms. The Bertz CT molecular complexity index is 550. The monoisotopic (exact) mass is 348 g/mol. The summed E-state index contributed by atoms with van der Waals surface area (Å²) in [5.74, 6) is 0.985. The molecule has 0 aliphatic carbocycles. The summed E-state index contributed by atoms with van der Waals surface area (Å²) >= 11 is 0. The number of nitrogens with one attached hydrogen (secondary N) is 2. The third kappa shape index (κ3) is 9.59. The SMILES string of the molecule is CC(C)CCNC(N)=NCC(NC(=O)OC(C)(C)C)c1ccccc1. The van der Waals surface area contributed by atoms with Crippen molar-refractivity contribution in [2.45, 2.75) is 52.7 Å². The van der Waals surface area contributed by atoms with E-state index in [2.05, 4.69) is 29.5 Å². The number of hydrogen-bond acceptors (Lipinski definition) is 3. The fourth-order valence-corrected chi connectivity index (χ4v) is 2.10. The van der Waals surface area contributed by atoms with Crippen molar-refractivity contribution in [3.8, 4) is 0 Å². The van der Waals surface area contributed by atoms with Crippen LogP contribution in [0.5, 0.6) is 0 Å². The van der Waals surface area contributed by atoms with Crippen LogP contribution in [0.15, 0.2) is 35.3 Å². The first kappa shape index (κ1) is 20.8. The van der Waals surface area contributed by atoms with Crippen LogP contribution in [0.4, 0.5) is 4.79 Å². The van der Waals surface area contributed by atoms with Crippen molar-refractivity contribution < 1.29 is 9.53 Å². The number of benzene rings is 1. The molecule has 0 radical (unpaired) electrons. The van der Waals surface area contributed by atoms with Crippen molar-refractivity contribution in [3.05, 3.63) is 35.9 Å². The number of nitrogens with two attached hydrogens (primary N) is 1. The van der Waals surface area contributed by atoms with E-state index in [1.54, 1.807) is 0 Å². The van der Waals surface area contributed by atoms with Gasteiger partial charge in [-0.05, 0) is 38.7 Å². The van der Waals surface area contributed by atoms with Gasteiger partial charge < -0.3 is 21.1 Å². The van der Waals surface area contributed by atoms with Crippen LogP contribution >= 0.6 is 0 Å². The van der Waals surface area contributed by atoms with Crippen LogP contribution in [0, 0.1) is 5.92 Å². The predicted molar refractivity (Wildman–Crippen MR) is 102 cm³/mol. The van der Waals surface area contributed by atoms with Crippen LogP contribution in [0.25, 0.3) is 0 Å². The summed E-state index contributed by atoms with van der Waals surface area (Å²) in [6, 6.07) is 9.36. The summed E-state index contributed by atoms with van der Waals surface area (Å²) < 4.78 is 5.34. The van der Waals surface area contributed by atoms with Crippen molar-refractivity contribution in [2.75, 3.05) is 13.1 Å². The fourth-order valence-electron chi connectivity index (χ4n) is 2.10. The highest BCUT2D eigenvalue weighted by atomic mass is 16.6. The first-order chi connectivity index (χ1) is 11.7. The Morgan fingerprint density at radius 2 is 1.88 bits per heavy atom. The maximum Gasteiger partial charge on any atom is 0.408 e. The number of alkyl carbamates (subject to hydrolysis) is 1. The molecular weight excluding hydrogens is 316 g/mol. The Hall–Kier alpha value is -2.24. The molecule has 0 fully saturated rings. The molecule has 0 aliphatic rings. The predicted octanol–water partition coefficient (Wildman–Crippen LogP) is 3.20. The minimum atomic E-state index is -0.550. The maximum atomic E-state index is 12.1. The third-order valence-corrected chi connectivity index (χ3v) is 3.36. The molecule has 0 saturated heterocycles. The average Bonchev–Trinajstić information content (AvgIpc) is 2.50. The van der Waals surface area contributed by atoms with E-state index in [0.29, 0.717) is 18.4 Å². The number of nitrogens with zero attached hydrogens (tertiary/aromatic N) is 1. The third-order valence-electron chi connectivity index (χ3n) is 3.36. The van der Waals surface area contributed by atoms with E-state index in [9.17, 15) is 4.79 Å². The lowest BCUT2D eigenvalue weighted by Gasteiger charge is -2.23. The molecule has 0 heterocycles. The number of carbonyl (C=O) groups excluding carboxylic acids is 1. The van der Waals surface area contributed by atoms with Gasteiger partial charge in [-0.1, -0.05) is 44.2 Å². The molecule has 140 valence electrons. The quantitative estimate of drug-likeness (QED) is 0.521. The Labute approximate surface area is 151 Å². The number of hydrogen-bond donors (Lipinski definition) is 3. The number of carbonyl (C=O) groups is 1. The molecule has 1 atom stereocenters. The van der Waals surface area contributed by atoms with Gasteiger partial charge in [-0.2, -0.15) is 0 Å². The molecule has 6 nitrogen and oxygen atoms in total. The molecule has 25 heavy (non-hydrogen) atoms. The number of guanidine groups is 1. The number of ether oxygens (including phenoxy) is 1. The zero-order valence-corrected chi connectivity index (χ0v) is 16.0. The van der Waals surface area contributed by atoms with Gasteiger partial charge in [-0.3, -0.25) is 4.99 Å².